The number of carbonyl (C=O) groups is 1. The minimum atomic E-state index is -0.669. The van der Waals surface area contributed by atoms with Gasteiger partial charge in [0.15, 0.2) is 0 Å². The maximum Gasteiger partial charge on any atom is 0.293 e. The molecule has 0 unspecified atom stereocenters. The Bertz CT molecular complexity index is 1260. The number of aromatic amines is 1. The highest BCUT2D eigenvalue weighted by atomic mass is 35.5. The first-order valence-electron chi connectivity index (χ1n) is 10.00. The summed E-state index contributed by atoms with van der Waals surface area (Å²) in [4.78, 5) is 37.9. The molecule has 162 valence electrons. The summed E-state index contributed by atoms with van der Waals surface area (Å²) in [6.45, 7) is 0. The Morgan fingerprint density at radius 2 is 1.94 bits per heavy atom. The molecular formula is C20H21Cl2N7O2. The van der Waals surface area contributed by atoms with Gasteiger partial charge in [0.05, 0.1) is 5.39 Å². The van der Waals surface area contributed by atoms with Gasteiger partial charge in [-0.05, 0) is 49.3 Å². The van der Waals surface area contributed by atoms with Crippen LogP contribution in [0.5, 0.6) is 0 Å². The fourth-order valence-electron chi connectivity index (χ4n) is 5.33. The smallest absolute Gasteiger partial charge is 0.293 e. The number of H-pyrrole nitrogens is 1. The van der Waals surface area contributed by atoms with E-state index in [0.717, 1.165) is 31.1 Å². The van der Waals surface area contributed by atoms with E-state index < -0.39 is 5.66 Å². The summed E-state index contributed by atoms with van der Waals surface area (Å²) >= 11 is 6.52. The summed E-state index contributed by atoms with van der Waals surface area (Å²) in [6.07, 6.45) is 8.29. The molecule has 2 saturated carbocycles. The van der Waals surface area contributed by atoms with Crippen LogP contribution in [0.3, 0.4) is 0 Å². The summed E-state index contributed by atoms with van der Waals surface area (Å²) in [5.41, 5.74) is 0.531. The average Bonchev–Trinajstić information content (AvgIpc) is 3.15. The van der Waals surface area contributed by atoms with Gasteiger partial charge < -0.3 is 10.3 Å². The molecule has 31 heavy (non-hydrogen) atoms. The van der Waals surface area contributed by atoms with Gasteiger partial charge in [-0.25, -0.2) is 19.1 Å². The highest BCUT2D eigenvalue weighted by molar-refractivity contribution is 6.25. The first kappa shape index (κ1) is 20.1. The first-order valence-corrected chi connectivity index (χ1v) is 10.3. The van der Waals surface area contributed by atoms with Crippen LogP contribution in [-0.2, 0) is 0 Å². The van der Waals surface area contributed by atoms with Crippen LogP contribution in [0.2, 0.25) is 0 Å². The number of hydrogen-bond donors (Lipinski definition) is 2. The summed E-state index contributed by atoms with van der Waals surface area (Å²) in [5.74, 6) is 0.178. The predicted molar refractivity (Wildman–Crippen MR) is 120 cm³/mol. The normalized spacial score (nSPS) is 20.3. The van der Waals surface area contributed by atoms with Gasteiger partial charge in [0.25, 0.3) is 11.5 Å². The number of anilines is 2. The van der Waals surface area contributed by atoms with E-state index in [1.807, 2.05) is 18.1 Å². The molecule has 2 spiro atoms. The van der Waals surface area contributed by atoms with Crippen LogP contribution in [0.15, 0.2) is 35.5 Å². The molecule has 0 atom stereocenters. The van der Waals surface area contributed by atoms with Crippen LogP contribution < -0.4 is 15.9 Å². The van der Waals surface area contributed by atoms with Crippen LogP contribution in [-0.4, -0.2) is 42.7 Å². The SMILES string of the molecule is CN1n2c(ccc(Nc3ncnc4[nH]ccc34)c2=O)C(=O)N(Cl)C12CC1(CCC1)C2.Cl. The lowest BCUT2D eigenvalue weighted by atomic mass is 9.51. The molecule has 0 radical (unpaired) electrons. The van der Waals surface area contributed by atoms with Crippen molar-refractivity contribution in [1.82, 2.24) is 24.0 Å². The van der Waals surface area contributed by atoms with Crippen molar-refractivity contribution in [3.05, 3.63) is 46.8 Å². The molecule has 11 heteroatoms. The third-order valence-electron chi connectivity index (χ3n) is 7.06. The van der Waals surface area contributed by atoms with Gasteiger partial charge in [0.1, 0.15) is 34.8 Å². The largest absolute Gasteiger partial charge is 0.346 e. The molecule has 0 bridgehead atoms. The quantitative estimate of drug-likeness (QED) is 0.568. The van der Waals surface area contributed by atoms with E-state index in [-0.39, 0.29) is 35.0 Å². The second-order valence-corrected chi connectivity index (χ2v) is 8.97. The molecule has 4 heterocycles. The van der Waals surface area contributed by atoms with Crippen LogP contribution in [0, 0.1) is 5.41 Å². The van der Waals surface area contributed by atoms with Crippen molar-refractivity contribution in [2.45, 2.75) is 37.8 Å². The van der Waals surface area contributed by atoms with Crippen molar-refractivity contribution in [2.75, 3.05) is 17.4 Å². The predicted octanol–water partition coefficient (Wildman–Crippen LogP) is 3.12. The number of carbonyl (C=O) groups excluding carboxylic acids is 1. The standard InChI is InChI=1S/C20H20ClN7O2.ClH/c1-26-20(9-19(10-20)6-2-7-19)28(21)18(30)14-4-3-13(17(29)27(14)26)25-16-12-5-8-22-15(12)23-11-24-16;/h3-5,8,11H,2,6-7,9-10H2,1H3,(H2,22,23,24,25);1H. The van der Waals surface area contributed by atoms with E-state index in [1.165, 1.54) is 21.8 Å². The topological polar surface area (TPSA) is 99.1 Å². The number of halogens is 2. The lowest BCUT2D eigenvalue weighted by Crippen LogP contribution is -2.76. The van der Waals surface area contributed by atoms with Crippen molar-refractivity contribution in [3.63, 3.8) is 0 Å². The summed E-state index contributed by atoms with van der Waals surface area (Å²) < 4.78 is 2.75. The van der Waals surface area contributed by atoms with E-state index >= 15 is 0 Å². The van der Waals surface area contributed by atoms with Gasteiger partial charge >= 0.3 is 0 Å². The number of nitrogens with zero attached hydrogens (tertiary/aromatic N) is 5. The second kappa shape index (κ2) is 6.61. The number of aromatic nitrogens is 4. The van der Waals surface area contributed by atoms with Gasteiger partial charge in [-0.2, -0.15) is 0 Å². The molecule has 0 aromatic carbocycles. The van der Waals surface area contributed by atoms with Crippen LogP contribution in [0.1, 0.15) is 42.6 Å². The van der Waals surface area contributed by atoms with Crippen molar-refractivity contribution >= 4 is 52.6 Å². The van der Waals surface area contributed by atoms with Gasteiger partial charge in [-0.1, -0.05) is 6.42 Å². The van der Waals surface area contributed by atoms with E-state index in [2.05, 4.69) is 20.3 Å². The van der Waals surface area contributed by atoms with Crippen molar-refractivity contribution < 1.29 is 4.79 Å². The molecule has 1 amide bonds. The number of amides is 1. The molecule has 3 aliphatic rings. The van der Waals surface area contributed by atoms with Crippen LogP contribution in [0.4, 0.5) is 11.5 Å². The molecular weight excluding hydrogens is 441 g/mol. The van der Waals surface area contributed by atoms with Crippen molar-refractivity contribution in [3.8, 4) is 0 Å². The lowest BCUT2D eigenvalue weighted by molar-refractivity contribution is -0.101. The van der Waals surface area contributed by atoms with Crippen molar-refractivity contribution in [2.24, 2.45) is 5.41 Å². The molecule has 0 saturated heterocycles. The Morgan fingerprint density at radius 3 is 2.65 bits per heavy atom. The van der Waals surface area contributed by atoms with Gasteiger partial charge in [0, 0.05) is 25.0 Å². The number of nitrogens with one attached hydrogen (secondary N) is 2. The molecule has 3 aromatic rings. The Hall–Kier alpha value is -2.78. The van der Waals surface area contributed by atoms with Crippen LogP contribution >= 0.6 is 24.2 Å². The third-order valence-corrected chi connectivity index (χ3v) is 7.53. The minimum absolute atomic E-state index is 0. The lowest BCUT2D eigenvalue weighted by Gasteiger charge is -2.66. The molecule has 9 nitrogen and oxygen atoms in total. The maximum absolute atomic E-state index is 13.4. The molecule has 2 aliphatic carbocycles. The van der Waals surface area contributed by atoms with E-state index in [9.17, 15) is 9.59 Å². The summed E-state index contributed by atoms with van der Waals surface area (Å²) in [5, 5.41) is 5.72. The highest BCUT2D eigenvalue weighted by Crippen LogP contribution is 2.63. The number of rotatable bonds is 2. The molecule has 2 fully saturated rings. The average molecular weight is 462 g/mol. The Kier molecular flexibility index (Phi) is 4.29. The molecule has 3 aromatic heterocycles. The van der Waals surface area contributed by atoms with Gasteiger partial charge in [0.2, 0.25) is 0 Å². The molecule has 1 aliphatic heterocycles. The van der Waals surface area contributed by atoms with Crippen LogP contribution in [0.25, 0.3) is 11.0 Å². The fourth-order valence-corrected chi connectivity index (χ4v) is 5.65. The maximum atomic E-state index is 13.4. The van der Waals surface area contributed by atoms with Crippen molar-refractivity contribution in [1.29, 1.82) is 0 Å². The number of hydrogen-bond acceptors (Lipinski definition) is 6. The zero-order valence-corrected chi connectivity index (χ0v) is 18.3. The van der Waals surface area contributed by atoms with Gasteiger partial charge in [-0.15, -0.1) is 12.4 Å². The zero-order valence-electron chi connectivity index (χ0n) is 16.8. The highest BCUT2D eigenvalue weighted by Gasteiger charge is 2.65. The number of fused-ring (bicyclic) bond motifs is 2. The molecule has 2 N–H and O–H groups in total. The minimum Gasteiger partial charge on any atom is -0.346 e. The second-order valence-electron chi connectivity index (χ2n) is 8.64. The zero-order chi connectivity index (χ0) is 20.7. The Labute approximate surface area is 188 Å². The van der Waals surface area contributed by atoms with Gasteiger partial charge in [-0.3, -0.25) is 14.6 Å². The van der Waals surface area contributed by atoms with E-state index in [4.69, 9.17) is 11.8 Å². The Balaban J connectivity index is 0.00000204. The van der Waals surface area contributed by atoms with E-state index in [0.29, 0.717) is 17.2 Å². The molecule has 6 rings (SSSR count). The fraction of sp³-hybridized carbons (Fsp3) is 0.400. The summed E-state index contributed by atoms with van der Waals surface area (Å²) in [6, 6.07) is 5.06. The first-order chi connectivity index (χ1) is 14.4. The third kappa shape index (κ3) is 2.56. The van der Waals surface area contributed by atoms with E-state index in [1.54, 1.807) is 18.3 Å². The number of pyridine rings is 1. The Morgan fingerprint density at radius 1 is 1.16 bits per heavy atom. The summed E-state index contributed by atoms with van der Waals surface area (Å²) in [7, 11) is 1.83. The monoisotopic (exact) mass is 461 g/mol.